The van der Waals surface area contributed by atoms with Gasteiger partial charge in [-0.2, -0.15) is 0 Å². The molecule has 0 saturated heterocycles. The molecule has 0 bridgehead atoms. The first-order chi connectivity index (χ1) is 6.16. The van der Waals surface area contributed by atoms with E-state index in [1.165, 1.54) is 0 Å². The van der Waals surface area contributed by atoms with Gasteiger partial charge in [0.2, 0.25) is 0 Å². The van der Waals surface area contributed by atoms with E-state index in [0.717, 1.165) is 15.8 Å². The van der Waals surface area contributed by atoms with Crippen LogP contribution in [0.3, 0.4) is 0 Å². The van der Waals surface area contributed by atoms with Gasteiger partial charge in [-0.1, -0.05) is 15.9 Å². The molecule has 1 aromatic carbocycles. The summed E-state index contributed by atoms with van der Waals surface area (Å²) in [6.07, 6.45) is 0.378. The molecule has 1 aromatic rings. The molecule has 1 aliphatic rings. The molecule has 1 N–H and O–H groups in total. The van der Waals surface area contributed by atoms with Crippen molar-refractivity contribution >= 4 is 15.9 Å². The minimum Gasteiger partial charge on any atom is -0.490 e. The first-order valence-electron chi connectivity index (χ1n) is 4.31. The molecule has 13 heavy (non-hydrogen) atoms. The molecule has 70 valence electrons. The van der Waals surface area contributed by atoms with Gasteiger partial charge in [-0.25, -0.2) is 0 Å². The minimum atomic E-state index is -0.392. The lowest BCUT2D eigenvalue weighted by molar-refractivity contribution is 0.0749. The Hall–Kier alpha value is -0.540. The Balaban J connectivity index is 2.43. The van der Waals surface area contributed by atoms with E-state index in [9.17, 15) is 5.11 Å². The lowest BCUT2D eigenvalue weighted by Gasteiger charge is -2.27. The smallest absolute Gasteiger partial charge is 0.125 e. The van der Waals surface area contributed by atoms with Crippen LogP contribution in [0.1, 0.15) is 25.0 Å². The van der Waals surface area contributed by atoms with Gasteiger partial charge in [0.15, 0.2) is 0 Å². The zero-order valence-corrected chi connectivity index (χ0v) is 8.91. The number of benzene rings is 1. The van der Waals surface area contributed by atoms with Crippen molar-refractivity contribution in [1.29, 1.82) is 0 Å². The molecule has 0 saturated carbocycles. The van der Waals surface area contributed by atoms with E-state index >= 15 is 0 Å². The molecule has 0 spiro atoms. The third-order valence-electron chi connectivity index (χ3n) is 2.21. The molecular weight excluding hydrogens is 232 g/mol. The zero-order chi connectivity index (χ0) is 9.42. The van der Waals surface area contributed by atoms with Crippen LogP contribution < -0.4 is 4.74 Å². The molecule has 0 aliphatic carbocycles. The van der Waals surface area contributed by atoms with Gasteiger partial charge in [-0.3, -0.25) is 0 Å². The Labute approximate surface area is 85.7 Å². The van der Waals surface area contributed by atoms with E-state index in [4.69, 9.17) is 4.74 Å². The largest absolute Gasteiger partial charge is 0.490 e. The number of fused-ring (bicyclic) bond motifs is 1. The second-order valence-electron chi connectivity index (χ2n) is 3.36. The first-order valence-corrected chi connectivity index (χ1v) is 5.10. The third-order valence-corrected chi connectivity index (χ3v) is 2.71. The molecule has 0 aromatic heterocycles. The predicted molar refractivity (Wildman–Crippen MR) is 53.8 cm³/mol. The molecule has 1 aliphatic heterocycles. The van der Waals surface area contributed by atoms with E-state index in [-0.39, 0.29) is 6.10 Å². The van der Waals surface area contributed by atoms with Crippen molar-refractivity contribution in [1.82, 2.24) is 0 Å². The van der Waals surface area contributed by atoms with Gasteiger partial charge in [0.1, 0.15) is 5.75 Å². The van der Waals surface area contributed by atoms with Crippen molar-refractivity contribution in [2.45, 2.75) is 25.6 Å². The van der Waals surface area contributed by atoms with Crippen molar-refractivity contribution in [2.24, 2.45) is 0 Å². The van der Waals surface area contributed by atoms with Crippen LogP contribution in [0, 0.1) is 0 Å². The van der Waals surface area contributed by atoms with Crippen LogP contribution in [0.5, 0.6) is 5.75 Å². The summed E-state index contributed by atoms with van der Waals surface area (Å²) >= 11 is 3.37. The number of hydrogen-bond acceptors (Lipinski definition) is 2. The Morgan fingerprint density at radius 3 is 3.08 bits per heavy atom. The Kier molecular flexibility index (Phi) is 2.30. The molecular formula is C10H11BrO2. The number of halogens is 1. The number of aliphatic hydroxyl groups is 1. The standard InChI is InChI=1S/C10H11BrO2/c1-6-4-9(12)8-5-7(11)2-3-10(8)13-6/h2-3,5-6,9,12H,4H2,1H3/t6?,9-/m1/s1. The van der Waals surface area contributed by atoms with Crippen LogP contribution in [0.4, 0.5) is 0 Å². The lowest BCUT2D eigenvalue weighted by Crippen LogP contribution is -2.22. The molecule has 0 radical (unpaired) electrons. The number of aliphatic hydroxyl groups excluding tert-OH is 1. The SMILES string of the molecule is CC1C[C@@H](O)c2cc(Br)ccc2O1. The summed E-state index contributed by atoms with van der Waals surface area (Å²) in [4.78, 5) is 0. The van der Waals surface area contributed by atoms with Crippen LogP contribution in [-0.4, -0.2) is 11.2 Å². The molecule has 3 heteroatoms. The van der Waals surface area contributed by atoms with Gasteiger partial charge in [0.25, 0.3) is 0 Å². The molecule has 0 amide bonds. The highest BCUT2D eigenvalue weighted by molar-refractivity contribution is 9.10. The van der Waals surface area contributed by atoms with Crippen LogP contribution in [0.25, 0.3) is 0 Å². The van der Waals surface area contributed by atoms with E-state index in [1.807, 2.05) is 25.1 Å². The monoisotopic (exact) mass is 242 g/mol. The average molecular weight is 243 g/mol. The van der Waals surface area contributed by atoms with Crippen LogP contribution >= 0.6 is 15.9 Å². The van der Waals surface area contributed by atoms with Crippen LogP contribution in [-0.2, 0) is 0 Å². The number of hydrogen-bond donors (Lipinski definition) is 1. The van der Waals surface area contributed by atoms with E-state index in [1.54, 1.807) is 0 Å². The molecule has 1 unspecified atom stereocenters. The molecule has 1 heterocycles. The maximum Gasteiger partial charge on any atom is 0.125 e. The highest BCUT2D eigenvalue weighted by atomic mass is 79.9. The number of rotatable bonds is 0. The maximum atomic E-state index is 9.76. The predicted octanol–water partition coefficient (Wildman–Crippen LogP) is 2.65. The summed E-state index contributed by atoms with van der Waals surface area (Å²) < 4.78 is 6.55. The van der Waals surface area contributed by atoms with E-state index in [0.29, 0.717) is 6.42 Å². The van der Waals surface area contributed by atoms with Gasteiger partial charge in [0, 0.05) is 16.5 Å². The van der Waals surface area contributed by atoms with Gasteiger partial charge in [-0.15, -0.1) is 0 Å². The lowest BCUT2D eigenvalue weighted by atomic mass is 10.00. The second-order valence-corrected chi connectivity index (χ2v) is 4.28. The fourth-order valence-corrected chi connectivity index (χ4v) is 1.97. The molecule has 2 rings (SSSR count). The topological polar surface area (TPSA) is 29.5 Å². The summed E-state index contributed by atoms with van der Waals surface area (Å²) in [6.45, 7) is 1.97. The van der Waals surface area contributed by atoms with Crippen molar-refractivity contribution < 1.29 is 9.84 Å². The van der Waals surface area contributed by atoms with E-state index in [2.05, 4.69) is 15.9 Å². The summed E-state index contributed by atoms with van der Waals surface area (Å²) in [5.41, 5.74) is 0.882. The number of ether oxygens (including phenoxy) is 1. The minimum absolute atomic E-state index is 0.101. The highest BCUT2D eigenvalue weighted by Crippen LogP contribution is 2.36. The van der Waals surface area contributed by atoms with Gasteiger partial charge < -0.3 is 9.84 Å². The molecule has 0 fully saturated rings. The summed E-state index contributed by atoms with van der Waals surface area (Å²) in [5.74, 6) is 0.800. The van der Waals surface area contributed by atoms with Crippen LogP contribution in [0.15, 0.2) is 22.7 Å². The fourth-order valence-electron chi connectivity index (χ4n) is 1.59. The Morgan fingerprint density at radius 1 is 1.54 bits per heavy atom. The Bertz CT molecular complexity index is 325. The summed E-state index contributed by atoms with van der Waals surface area (Å²) in [7, 11) is 0. The molecule has 2 nitrogen and oxygen atoms in total. The van der Waals surface area contributed by atoms with Crippen molar-refractivity contribution in [3.63, 3.8) is 0 Å². The quantitative estimate of drug-likeness (QED) is 0.759. The average Bonchev–Trinajstić information content (AvgIpc) is 2.06. The highest BCUT2D eigenvalue weighted by Gasteiger charge is 2.23. The fraction of sp³-hybridized carbons (Fsp3) is 0.400. The van der Waals surface area contributed by atoms with Gasteiger partial charge in [-0.05, 0) is 25.1 Å². The first kappa shape index (κ1) is 9.03. The molecule has 2 atom stereocenters. The van der Waals surface area contributed by atoms with E-state index < -0.39 is 6.10 Å². The zero-order valence-electron chi connectivity index (χ0n) is 7.33. The van der Waals surface area contributed by atoms with Crippen molar-refractivity contribution in [2.75, 3.05) is 0 Å². The van der Waals surface area contributed by atoms with Crippen LogP contribution in [0.2, 0.25) is 0 Å². The summed E-state index contributed by atoms with van der Waals surface area (Å²) in [5, 5.41) is 9.76. The normalized spacial score (nSPS) is 26.4. The van der Waals surface area contributed by atoms with Crippen molar-refractivity contribution in [3.8, 4) is 5.75 Å². The summed E-state index contributed by atoms with van der Waals surface area (Å²) in [6, 6.07) is 5.72. The maximum absolute atomic E-state index is 9.76. The third kappa shape index (κ3) is 1.71. The van der Waals surface area contributed by atoms with Crippen molar-refractivity contribution in [3.05, 3.63) is 28.2 Å². The Morgan fingerprint density at radius 2 is 2.31 bits per heavy atom. The van der Waals surface area contributed by atoms with Gasteiger partial charge >= 0.3 is 0 Å². The van der Waals surface area contributed by atoms with Gasteiger partial charge in [0.05, 0.1) is 12.2 Å². The second kappa shape index (κ2) is 3.31.